The highest BCUT2D eigenvalue weighted by atomic mass is 19.4. The fourth-order valence-corrected chi connectivity index (χ4v) is 2.35. The highest BCUT2D eigenvalue weighted by Gasteiger charge is 2.31. The topological polar surface area (TPSA) is 76.7 Å². The Morgan fingerprint density at radius 3 is 2.54 bits per heavy atom. The van der Waals surface area contributed by atoms with Crippen molar-refractivity contribution in [1.29, 1.82) is 0 Å². The van der Waals surface area contributed by atoms with E-state index in [9.17, 15) is 22.8 Å². The van der Waals surface area contributed by atoms with Crippen molar-refractivity contribution >= 4 is 23.2 Å². The van der Waals surface area contributed by atoms with Crippen molar-refractivity contribution in [1.82, 2.24) is 0 Å². The maximum Gasteiger partial charge on any atom is 0.573 e. The highest BCUT2D eigenvalue weighted by Crippen LogP contribution is 2.30. The minimum absolute atomic E-state index is 0.249. The van der Waals surface area contributed by atoms with Gasteiger partial charge >= 0.3 is 6.36 Å². The molecule has 1 heterocycles. The predicted molar refractivity (Wildman–Crippen MR) is 85.9 cm³/mol. The average molecular weight is 366 g/mol. The Balaban J connectivity index is 1.58. The maximum absolute atomic E-state index is 12.1. The Morgan fingerprint density at radius 1 is 1.15 bits per heavy atom. The molecule has 0 aromatic heterocycles. The Morgan fingerprint density at radius 2 is 1.85 bits per heavy atom. The van der Waals surface area contributed by atoms with Gasteiger partial charge in [-0.15, -0.1) is 13.2 Å². The molecule has 2 amide bonds. The first-order chi connectivity index (χ1) is 12.3. The maximum atomic E-state index is 12.1. The number of halogens is 3. The van der Waals surface area contributed by atoms with Gasteiger partial charge in [0.1, 0.15) is 11.5 Å². The van der Waals surface area contributed by atoms with E-state index >= 15 is 0 Å². The van der Waals surface area contributed by atoms with Crippen molar-refractivity contribution in [3.05, 3.63) is 48.5 Å². The normalized spacial score (nSPS) is 16.1. The van der Waals surface area contributed by atoms with Gasteiger partial charge in [0.2, 0.25) is 5.91 Å². The number of nitrogens with one attached hydrogen (secondary N) is 2. The third-order valence-corrected chi connectivity index (χ3v) is 3.45. The molecule has 3 rings (SSSR count). The zero-order valence-corrected chi connectivity index (χ0v) is 13.2. The summed E-state index contributed by atoms with van der Waals surface area (Å²) in [6, 6.07) is 11.5. The number of carbonyl (C=O) groups is 2. The molecule has 0 spiro atoms. The van der Waals surface area contributed by atoms with E-state index in [4.69, 9.17) is 4.74 Å². The number of hydrogen-bond acceptors (Lipinski definition) is 4. The molecule has 0 unspecified atom stereocenters. The molecule has 26 heavy (non-hydrogen) atoms. The van der Waals surface area contributed by atoms with Crippen LogP contribution in [0.5, 0.6) is 11.5 Å². The van der Waals surface area contributed by atoms with E-state index in [0.29, 0.717) is 11.4 Å². The Labute approximate surface area is 145 Å². The standard InChI is InChI=1S/C17H13F3N2O4/c18-17(19,20)26-11-7-5-10(6-8-11)21-15(23)9-14-16(24)22-12-3-1-2-4-13(12)25-14/h1-8,14H,9H2,(H,21,23)(H,22,24)/t14-/m1/s1. The van der Waals surface area contributed by atoms with Crippen LogP contribution in [-0.4, -0.2) is 24.3 Å². The molecule has 9 heteroatoms. The third-order valence-electron chi connectivity index (χ3n) is 3.45. The summed E-state index contributed by atoms with van der Waals surface area (Å²) < 4.78 is 45.6. The number of hydrogen-bond donors (Lipinski definition) is 2. The Bertz CT molecular complexity index is 822. The van der Waals surface area contributed by atoms with Crippen LogP contribution >= 0.6 is 0 Å². The van der Waals surface area contributed by atoms with Gasteiger partial charge in [0, 0.05) is 5.69 Å². The van der Waals surface area contributed by atoms with Crippen molar-refractivity contribution < 1.29 is 32.2 Å². The Kier molecular flexibility index (Phi) is 4.70. The summed E-state index contributed by atoms with van der Waals surface area (Å²) in [5.74, 6) is -0.914. The third kappa shape index (κ3) is 4.44. The van der Waals surface area contributed by atoms with E-state index in [-0.39, 0.29) is 12.1 Å². The molecule has 0 saturated heterocycles. The molecule has 2 aromatic carbocycles. The second-order valence-corrected chi connectivity index (χ2v) is 5.42. The fraction of sp³-hybridized carbons (Fsp3) is 0.176. The molecule has 1 aliphatic rings. The van der Waals surface area contributed by atoms with Gasteiger partial charge in [0.05, 0.1) is 12.1 Å². The second kappa shape index (κ2) is 6.95. The van der Waals surface area contributed by atoms with Gasteiger partial charge in [0.25, 0.3) is 5.91 Å². The highest BCUT2D eigenvalue weighted by molar-refractivity contribution is 6.01. The molecule has 1 aliphatic heterocycles. The summed E-state index contributed by atoms with van der Waals surface area (Å²) >= 11 is 0. The number of alkyl halides is 3. The van der Waals surface area contributed by atoms with E-state index in [1.54, 1.807) is 24.3 Å². The van der Waals surface area contributed by atoms with Crippen LogP contribution in [0.4, 0.5) is 24.5 Å². The van der Waals surface area contributed by atoms with Gasteiger partial charge in [-0.05, 0) is 36.4 Å². The van der Waals surface area contributed by atoms with Crippen molar-refractivity contribution in [3.63, 3.8) is 0 Å². The van der Waals surface area contributed by atoms with E-state index in [1.165, 1.54) is 12.1 Å². The number of carbonyl (C=O) groups excluding carboxylic acids is 2. The lowest BCUT2D eigenvalue weighted by atomic mass is 10.1. The van der Waals surface area contributed by atoms with Crippen LogP contribution in [0.25, 0.3) is 0 Å². The number of fused-ring (bicyclic) bond motifs is 1. The number of amides is 2. The van der Waals surface area contributed by atoms with E-state index in [0.717, 1.165) is 12.1 Å². The number of anilines is 2. The van der Waals surface area contributed by atoms with Gasteiger partial charge in [-0.3, -0.25) is 9.59 Å². The largest absolute Gasteiger partial charge is 0.573 e. The lowest BCUT2D eigenvalue weighted by Crippen LogP contribution is -2.39. The summed E-state index contributed by atoms with van der Waals surface area (Å²) in [4.78, 5) is 24.1. The molecule has 6 nitrogen and oxygen atoms in total. The van der Waals surface area contributed by atoms with Crippen LogP contribution in [0.15, 0.2) is 48.5 Å². The van der Waals surface area contributed by atoms with Crippen molar-refractivity contribution in [2.24, 2.45) is 0 Å². The molecule has 0 aliphatic carbocycles. The van der Waals surface area contributed by atoms with Crippen LogP contribution < -0.4 is 20.1 Å². The van der Waals surface area contributed by atoms with Crippen LogP contribution in [0, 0.1) is 0 Å². The monoisotopic (exact) mass is 366 g/mol. The van der Waals surface area contributed by atoms with Crippen LogP contribution in [0.2, 0.25) is 0 Å². The van der Waals surface area contributed by atoms with Gasteiger partial charge in [-0.2, -0.15) is 0 Å². The van der Waals surface area contributed by atoms with E-state index < -0.39 is 30.0 Å². The molecule has 136 valence electrons. The number of para-hydroxylation sites is 2. The minimum atomic E-state index is -4.78. The summed E-state index contributed by atoms with van der Waals surface area (Å²) in [5, 5.41) is 5.13. The van der Waals surface area contributed by atoms with Crippen molar-refractivity contribution in [2.45, 2.75) is 18.9 Å². The quantitative estimate of drug-likeness (QED) is 0.870. The molecule has 0 saturated carbocycles. The fourth-order valence-electron chi connectivity index (χ4n) is 2.35. The van der Waals surface area contributed by atoms with Gasteiger partial charge < -0.3 is 20.1 Å². The van der Waals surface area contributed by atoms with Gasteiger partial charge in [-0.1, -0.05) is 12.1 Å². The van der Waals surface area contributed by atoms with Gasteiger partial charge in [0.15, 0.2) is 6.10 Å². The molecule has 0 bridgehead atoms. The predicted octanol–water partition coefficient (Wildman–Crippen LogP) is 3.31. The van der Waals surface area contributed by atoms with Crippen LogP contribution in [0.1, 0.15) is 6.42 Å². The molecular weight excluding hydrogens is 353 g/mol. The Hall–Kier alpha value is -3.23. The van der Waals surface area contributed by atoms with Crippen molar-refractivity contribution in [3.8, 4) is 11.5 Å². The SMILES string of the molecule is O=C(C[C@H]1Oc2ccccc2NC1=O)Nc1ccc(OC(F)(F)F)cc1. The average Bonchev–Trinajstić information content (AvgIpc) is 2.56. The van der Waals surface area contributed by atoms with E-state index in [2.05, 4.69) is 15.4 Å². The molecule has 2 N–H and O–H groups in total. The van der Waals surface area contributed by atoms with Crippen molar-refractivity contribution in [2.75, 3.05) is 10.6 Å². The second-order valence-electron chi connectivity index (χ2n) is 5.42. The zero-order valence-electron chi connectivity index (χ0n) is 13.2. The summed E-state index contributed by atoms with van der Waals surface area (Å²) in [5.41, 5.74) is 0.788. The summed E-state index contributed by atoms with van der Waals surface area (Å²) in [6.45, 7) is 0. The number of rotatable bonds is 4. The van der Waals surface area contributed by atoms with Crippen LogP contribution in [-0.2, 0) is 9.59 Å². The van der Waals surface area contributed by atoms with Crippen LogP contribution in [0.3, 0.4) is 0 Å². The first-order valence-corrected chi connectivity index (χ1v) is 7.52. The number of ether oxygens (including phenoxy) is 2. The minimum Gasteiger partial charge on any atom is -0.478 e. The first kappa shape index (κ1) is 17.6. The van der Waals surface area contributed by atoms with Gasteiger partial charge in [-0.25, -0.2) is 0 Å². The van der Waals surface area contributed by atoms with E-state index in [1.807, 2.05) is 0 Å². The molecule has 2 aromatic rings. The summed E-state index contributed by atoms with van der Waals surface area (Å²) in [6.07, 6.45) is -6.04. The molecule has 1 atom stereocenters. The summed E-state index contributed by atoms with van der Waals surface area (Å²) in [7, 11) is 0. The smallest absolute Gasteiger partial charge is 0.478 e. The number of benzene rings is 2. The molecule has 0 radical (unpaired) electrons. The molecule has 0 fully saturated rings. The lowest BCUT2D eigenvalue weighted by Gasteiger charge is -2.25. The first-order valence-electron chi connectivity index (χ1n) is 7.52. The zero-order chi connectivity index (χ0) is 18.7. The molecular formula is C17H13F3N2O4. The lowest BCUT2D eigenvalue weighted by molar-refractivity contribution is -0.274.